The Balaban J connectivity index is -0.0000000575. The number of hydrogen-bond acceptors (Lipinski definition) is 4. The third kappa shape index (κ3) is 169. The number of carboxylic acids is 1. The predicted molar refractivity (Wildman–Crippen MR) is 27.3 cm³/mol. The van der Waals surface area contributed by atoms with E-state index in [0.717, 1.165) is 6.92 Å². The summed E-state index contributed by atoms with van der Waals surface area (Å²) in [5.41, 5.74) is 0. The van der Waals surface area contributed by atoms with Gasteiger partial charge in [-0.2, -0.15) is 8.42 Å². The molecular weight excluding hydrogens is 134 g/mol. The maximum absolute atomic E-state index is 9.00. The molecular formula is C2H7NO4S. The van der Waals surface area contributed by atoms with Gasteiger partial charge in [0.2, 0.25) is 0 Å². The lowest BCUT2D eigenvalue weighted by Gasteiger charge is -1.59. The highest BCUT2D eigenvalue weighted by molar-refractivity contribution is 7.51. The second-order valence-corrected chi connectivity index (χ2v) is 0.723. The van der Waals surface area contributed by atoms with E-state index >= 15 is 0 Å². The highest BCUT2D eigenvalue weighted by Gasteiger charge is 1.65. The third-order valence-corrected chi connectivity index (χ3v) is 0. The molecule has 4 N–H and O–H groups in total. The number of hydrogen-bond donors (Lipinski definition) is 2. The van der Waals surface area contributed by atoms with Gasteiger partial charge >= 0.3 is 11.6 Å². The molecule has 50 valence electrons. The Morgan fingerprint density at radius 1 is 1.50 bits per heavy atom. The standard InChI is InChI=1S/C2H4O2.H3N.O2S/c1-2(3)4;;1-3-2/h1H3,(H,3,4);1H3;. The van der Waals surface area contributed by atoms with Crippen molar-refractivity contribution in [2.24, 2.45) is 0 Å². The molecule has 0 aliphatic carbocycles. The van der Waals surface area contributed by atoms with Gasteiger partial charge in [-0.25, -0.2) is 0 Å². The van der Waals surface area contributed by atoms with E-state index in [9.17, 15) is 0 Å². The average Bonchev–Trinajstić information content (AvgIpc) is 1.33. The van der Waals surface area contributed by atoms with Gasteiger partial charge in [-0.15, -0.1) is 0 Å². The molecule has 0 atom stereocenters. The van der Waals surface area contributed by atoms with Crippen LogP contribution in [0, 0.1) is 0 Å². The van der Waals surface area contributed by atoms with Crippen LogP contribution in [0.2, 0.25) is 0 Å². The van der Waals surface area contributed by atoms with Gasteiger partial charge in [0, 0.05) is 6.92 Å². The van der Waals surface area contributed by atoms with Crippen LogP contribution < -0.4 is 6.15 Å². The highest BCUT2D eigenvalue weighted by Crippen LogP contribution is 1.42. The van der Waals surface area contributed by atoms with Gasteiger partial charge in [-0.1, -0.05) is 0 Å². The molecule has 0 rings (SSSR count). The minimum absolute atomic E-state index is 0. The molecule has 0 saturated heterocycles. The summed E-state index contributed by atoms with van der Waals surface area (Å²) in [7, 11) is 0. The van der Waals surface area contributed by atoms with E-state index in [-0.39, 0.29) is 6.15 Å². The fraction of sp³-hybridized carbons (Fsp3) is 0.500. The molecule has 5 nitrogen and oxygen atoms in total. The molecule has 0 aromatic heterocycles. The first-order valence-corrected chi connectivity index (χ1v) is 1.93. The van der Waals surface area contributed by atoms with E-state index < -0.39 is 17.5 Å². The molecule has 6 heteroatoms. The summed E-state index contributed by atoms with van der Waals surface area (Å²) in [5, 5.41) is 7.42. The summed E-state index contributed by atoms with van der Waals surface area (Å²) < 4.78 is 16.6. The second kappa shape index (κ2) is 16.3. The first-order valence-electron chi connectivity index (χ1n) is 1.26. The summed E-state index contributed by atoms with van der Waals surface area (Å²) >= 11 is -0.750. The van der Waals surface area contributed by atoms with Crippen molar-refractivity contribution in [3.05, 3.63) is 0 Å². The zero-order valence-electron chi connectivity index (χ0n) is 4.29. The van der Waals surface area contributed by atoms with Crippen molar-refractivity contribution in [1.29, 1.82) is 0 Å². The molecule has 0 saturated carbocycles. The Hall–Kier alpha value is -0.750. The van der Waals surface area contributed by atoms with Gasteiger partial charge < -0.3 is 11.3 Å². The van der Waals surface area contributed by atoms with Crippen molar-refractivity contribution in [3.63, 3.8) is 0 Å². The average molecular weight is 141 g/mol. The third-order valence-electron chi connectivity index (χ3n) is 0. The largest absolute Gasteiger partial charge is 0.481 e. The lowest BCUT2D eigenvalue weighted by atomic mass is 10.9. The van der Waals surface area contributed by atoms with Crippen LogP contribution in [-0.2, 0) is 16.4 Å². The fourth-order valence-corrected chi connectivity index (χ4v) is 0. The Labute approximate surface area is 49.9 Å². The van der Waals surface area contributed by atoms with Crippen molar-refractivity contribution < 1.29 is 18.3 Å². The normalized spacial score (nSPS) is 4.62. The quantitative estimate of drug-likeness (QED) is 0.476. The van der Waals surface area contributed by atoms with Gasteiger partial charge in [0.25, 0.3) is 5.97 Å². The molecule has 0 aliphatic rings. The molecule has 0 aromatic carbocycles. The maximum atomic E-state index is 9.00. The molecule has 0 radical (unpaired) electrons. The van der Waals surface area contributed by atoms with E-state index in [4.69, 9.17) is 18.3 Å². The maximum Gasteiger partial charge on any atom is 0.335 e. The van der Waals surface area contributed by atoms with Crippen LogP contribution in [-0.4, -0.2) is 19.5 Å². The lowest BCUT2D eigenvalue weighted by Crippen LogP contribution is -1.78. The summed E-state index contributed by atoms with van der Waals surface area (Å²) in [6.45, 7) is 1.08. The molecule has 0 bridgehead atoms. The Morgan fingerprint density at radius 2 is 1.50 bits per heavy atom. The van der Waals surface area contributed by atoms with E-state index in [1.807, 2.05) is 0 Å². The van der Waals surface area contributed by atoms with E-state index in [0.29, 0.717) is 0 Å². The van der Waals surface area contributed by atoms with Crippen LogP contribution in [0.25, 0.3) is 0 Å². The summed E-state index contributed by atoms with van der Waals surface area (Å²) in [6.07, 6.45) is 0. The van der Waals surface area contributed by atoms with Gasteiger partial charge in [0.1, 0.15) is 0 Å². The van der Waals surface area contributed by atoms with Gasteiger partial charge in [0.15, 0.2) is 0 Å². The molecule has 0 aliphatic heterocycles. The smallest absolute Gasteiger partial charge is 0.335 e. The predicted octanol–water partition coefficient (Wildman–Crippen LogP) is -0.417. The summed E-state index contributed by atoms with van der Waals surface area (Å²) in [5.74, 6) is -0.833. The zero-order valence-corrected chi connectivity index (χ0v) is 5.10. The van der Waals surface area contributed by atoms with Crippen LogP contribution in [0.4, 0.5) is 0 Å². The zero-order chi connectivity index (χ0) is 6.28. The van der Waals surface area contributed by atoms with Gasteiger partial charge in [-0.05, 0) is 0 Å². The Bertz CT molecular complexity index is 82.0. The van der Waals surface area contributed by atoms with Crippen molar-refractivity contribution >= 4 is 17.5 Å². The lowest BCUT2D eigenvalue weighted by molar-refractivity contribution is -0.134. The molecule has 0 spiro atoms. The van der Waals surface area contributed by atoms with E-state index in [2.05, 4.69) is 0 Å². The monoisotopic (exact) mass is 141 g/mol. The van der Waals surface area contributed by atoms with Crippen molar-refractivity contribution in [3.8, 4) is 0 Å². The van der Waals surface area contributed by atoms with E-state index in [1.54, 1.807) is 0 Å². The first-order chi connectivity index (χ1) is 3.15. The molecule has 0 fully saturated rings. The van der Waals surface area contributed by atoms with Crippen LogP contribution in [0.3, 0.4) is 0 Å². The second-order valence-electron chi connectivity index (χ2n) is 0.587. The first kappa shape index (κ1) is 15.7. The van der Waals surface area contributed by atoms with Crippen LogP contribution in [0.1, 0.15) is 6.92 Å². The highest BCUT2D eigenvalue weighted by atomic mass is 32.1. The summed E-state index contributed by atoms with van der Waals surface area (Å²) in [4.78, 5) is 9.00. The van der Waals surface area contributed by atoms with Crippen molar-refractivity contribution in [1.82, 2.24) is 6.15 Å². The van der Waals surface area contributed by atoms with Crippen molar-refractivity contribution in [2.45, 2.75) is 6.92 Å². The minimum Gasteiger partial charge on any atom is -0.481 e. The summed E-state index contributed by atoms with van der Waals surface area (Å²) in [6, 6.07) is 0. The minimum atomic E-state index is -0.833. The molecule has 0 heterocycles. The fourth-order valence-electron chi connectivity index (χ4n) is 0. The van der Waals surface area contributed by atoms with Crippen molar-refractivity contribution in [2.75, 3.05) is 0 Å². The molecule has 0 unspecified atom stereocenters. The molecule has 8 heavy (non-hydrogen) atoms. The number of carbonyl (C=O) groups is 1. The number of rotatable bonds is 0. The van der Waals surface area contributed by atoms with E-state index in [1.165, 1.54) is 0 Å². The molecule has 0 aromatic rings. The Kier molecular flexibility index (Phi) is 32.0. The van der Waals surface area contributed by atoms with Crippen LogP contribution in [0.15, 0.2) is 0 Å². The van der Waals surface area contributed by atoms with Gasteiger partial charge in [0.05, 0.1) is 0 Å². The van der Waals surface area contributed by atoms with Crippen LogP contribution >= 0.6 is 0 Å². The number of aliphatic carboxylic acids is 1. The molecule has 0 amide bonds. The van der Waals surface area contributed by atoms with Gasteiger partial charge in [-0.3, -0.25) is 4.79 Å². The number of carboxylic acid groups (broad SMARTS) is 1. The Morgan fingerprint density at radius 3 is 1.50 bits per heavy atom. The van der Waals surface area contributed by atoms with Crippen LogP contribution in [0.5, 0.6) is 0 Å². The topological polar surface area (TPSA) is 106 Å². The SMILES string of the molecule is CC(=O)O.N.O=S=O.